The largest absolute Gasteiger partial charge is 0.341 e. The molecule has 2 fully saturated rings. The van der Waals surface area contributed by atoms with Crippen molar-refractivity contribution in [3.63, 3.8) is 0 Å². The maximum Gasteiger partial charge on any atom is 0.273 e. The number of amides is 2. The van der Waals surface area contributed by atoms with Crippen molar-refractivity contribution in [2.75, 3.05) is 32.7 Å². The third-order valence-electron chi connectivity index (χ3n) is 5.75. The van der Waals surface area contributed by atoms with Crippen molar-refractivity contribution in [2.24, 2.45) is 0 Å². The number of aryl methyl sites for hydroxylation is 1. The smallest absolute Gasteiger partial charge is 0.273 e. The molecule has 1 unspecified atom stereocenters. The molecule has 4 rings (SSSR count). The molecule has 0 bridgehead atoms. The summed E-state index contributed by atoms with van der Waals surface area (Å²) in [5.41, 5.74) is -0.654. The zero-order valence-electron chi connectivity index (χ0n) is 16.6. The van der Waals surface area contributed by atoms with Crippen molar-refractivity contribution in [1.82, 2.24) is 24.9 Å². The molecule has 1 atom stereocenters. The lowest BCUT2D eigenvalue weighted by atomic mass is 10.0. The molecule has 9 nitrogen and oxygen atoms in total. The van der Waals surface area contributed by atoms with Crippen LogP contribution in [0.25, 0.3) is 10.8 Å². The number of nitrogens with one attached hydrogen (secondary N) is 2. The van der Waals surface area contributed by atoms with Crippen LogP contribution >= 0.6 is 12.4 Å². The van der Waals surface area contributed by atoms with Crippen LogP contribution in [-0.4, -0.2) is 70.2 Å². The van der Waals surface area contributed by atoms with Crippen LogP contribution in [0.5, 0.6) is 0 Å². The number of aromatic nitrogens is 2. The van der Waals surface area contributed by atoms with E-state index >= 15 is 0 Å². The van der Waals surface area contributed by atoms with Gasteiger partial charge in [0.05, 0.1) is 23.9 Å². The van der Waals surface area contributed by atoms with E-state index < -0.39 is 0 Å². The summed E-state index contributed by atoms with van der Waals surface area (Å²) in [5.74, 6) is 0.00836. The predicted molar refractivity (Wildman–Crippen MR) is 115 cm³/mol. The molecule has 2 amide bonds. The highest BCUT2D eigenvalue weighted by atomic mass is 35.5. The van der Waals surface area contributed by atoms with Crippen LogP contribution in [0.4, 0.5) is 0 Å². The SMILES string of the molecule is Cl.O=C(CCn1[nH]c(=O)c2ccccc2c1=O)N1CCCC(N2CCNCC2=O)C1. The van der Waals surface area contributed by atoms with E-state index in [9.17, 15) is 19.2 Å². The van der Waals surface area contributed by atoms with Gasteiger partial charge in [-0.2, -0.15) is 0 Å². The maximum atomic E-state index is 12.7. The summed E-state index contributed by atoms with van der Waals surface area (Å²) < 4.78 is 1.21. The molecule has 3 heterocycles. The molecule has 10 heteroatoms. The van der Waals surface area contributed by atoms with Gasteiger partial charge >= 0.3 is 0 Å². The first-order valence-electron chi connectivity index (χ1n) is 10.0. The first kappa shape index (κ1) is 22.0. The molecular weight excluding hydrogens is 410 g/mol. The Bertz CT molecular complexity index is 1050. The van der Waals surface area contributed by atoms with Gasteiger partial charge in [0.1, 0.15) is 0 Å². The van der Waals surface area contributed by atoms with Crippen molar-refractivity contribution in [1.29, 1.82) is 0 Å². The second-order valence-corrected chi connectivity index (χ2v) is 7.59. The third kappa shape index (κ3) is 4.41. The number of carbonyl (C=O) groups is 2. The Labute approximate surface area is 179 Å². The highest BCUT2D eigenvalue weighted by Crippen LogP contribution is 2.18. The monoisotopic (exact) mass is 435 g/mol. The van der Waals surface area contributed by atoms with Crippen LogP contribution in [0.3, 0.4) is 0 Å². The molecule has 30 heavy (non-hydrogen) atoms. The van der Waals surface area contributed by atoms with Crippen LogP contribution in [0.15, 0.2) is 33.9 Å². The fourth-order valence-corrected chi connectivity index (χ4v) is 4.21. The van der Waals surface area contributed by atoms with Gasteiger partial charge in [-0.25, -0.2) is 4.68 Å². The first-order chi connectivity index (χ1) is 14.0. The lowest BCUT2D eigenvalue weighted by Gasteiger charge is -2.41. The standard InChI is InChI=1S/C20H25N5O4.ClH/c26-17(23-9-3-4-14(13-23)24-11-8-21-12-18(24)27)7-10-25-20(29)16-6-2-1-5-15(16)19(28)22-25;/h1-2,5-6,14,21H,3-4,7-13H2,(H,22,28);1H. The molecule has 0 aliphatic carbocycles. The Kier molecular flexibility index (Phi) is 6.94. The topological polar surface area (TPSA) is 108 Å². The third-order valence-corrected chi connectivity index (χ3v) is 5.75. The van der Waals surface area contributed by atoms with Gasteiger partial charge in [-0.15, -0.1) is 12.4 Å². The van der Waals surface area contributed by atoms with Crippen LogP contribution < -0.4 is 16.4 Å². The minimum Gasteiger partial charge on any atom is -0.341 e. The number of nitrogens with zero attached hydrogens (tertiary/aromatic N) is 3. The summed E-state index contributed by atoms with van der Waals surface area (Å²) in [6, 6.07) is 6.69. The van der Waals surface area contributed by atoms with Gasteiger partial charge < -0.3 is 15.1 Å². The number of hydrogen-bond acceptors (Lipinski definition) is 5. The minimum atomic E-state index is -0.345. The normalized spacial score (nSPS) is 19.6. The Hall–Kier alpha value is -2.65. The van der Waals surface area contributed by atoms with E-state index in [2.05, 4.69) is 10.4 Å². The number of likely N-dealkylation sites (tertiary alicyclic amines) is 1. The molecule has 0 spiro atoms. The molecule has 162 valence electrons. The van der Waals surface area contributed by atoms with Crippen LogP contribution in [-0.2, 0) is 16.1 Å². The van der Waals surface area contributed by atoms with E-state index in [-0.39, 0.29) is 54.3 Å². The molecule has 0 saturated carbocycles. The summed E-state index contributed by atoms with van der Waals surface area (Å²) in [6.45, 7) is 3.08. The zero-order valence-corrected chi connectivity index (χ0v) is 17.5. The molecule has 2 saturated heterocycles. The van der Waals surface area contributed by atoms with Crippen LogP contribution in [0, 0.1) is 0 Å². The van der Waals surface area contributed by atoms with Gasteiger partial charge in [-0.3, -0.25) is 24.3 Å². The number of hydrogen-bond donors (Lipinski definition) is 2. The van der Waals surface area contributed by atoms with Crippen LogP contribution in [0.1, 0.15) is 19.3 Å². The number of piperidine rings is 1. The van der Waals surface area contributed by atoms with E-state index in [0.717, 1.165) is 19.4 Å². The highest BCUT2D eigenvalue weighted by Gasteiger charge is 2.31. The molecule has 2 N–H and O–H groups in total. The molecular formula is C20H26ClN5O4. The van der Waals surface area contributed by atoms with Crippen molar-refractivity contribution < 1.29 is 9.59 Å². The Morgan fingerprint density at radius 3 is 2.63 bits per heavy atom. The summed E-state index contributed by atoms with van der Waals surface area (Å²) in [7, 11) is 0. The number of piperazine rings is 1. The van der Waals surface area contributed by atoms with E-state index in [1.807, 2.05) is 4.90 Å². The zero-order chi connectivity index (χ0) is 20.4. The molecule has 2 aliphatic rings. The lowest BCUT2D eigenvalue weighted by molar-refractivity contribution is -0.140. The second kappa shape index (κ2) is 9.44. The maximum absolute atomic E-state index is 12.7. The van der Waals surface area contributed by atoms with Crippen molar-refractivity contribution in [3.05, 3.63) is 45.0 Å². The molecule has 2 aromatic rings. The number of fused-ring (bicyclic) bond motifs is 1. The van der Waals surface area contributed by atoms with Crippen molar-refractivity contribution in [3.8, 4) is 0 Å². The van der Waals surface area contributed by atoms with Gasteiger partial charge in [0.15, 0.2) is 0 Å². The first-order valence-corrected chi connectivity index (χ1v) is 10.0. The molecule has 1 aromatic carbocycles. The average Bonchev–Trinajstić information content (AvgIpc) is 2.75. The van der Waals surface area contributed by atoms with Gasteiger partial charge in [-0.05, 0) is 25.0 Å². The van der Waals surface area contributed by atoms with Gasteiger partial charge in [0, 0.05) is 38.6 Å². The average molecular weight is 436 g/mol. The number of benzene rings is 1. The molecule has 1 aromatic heterocycles. The summed E-state index contributed by atoms with van der Waals surface area (Å²) in [6.07, 6.45) is 1.86. The van der Waals surface area contributed by atoms with E-state index in [1.165, 1.54) is 4.68 Å². The quantitative estimate of drug-likeness (QED) is 0.698. The summed E-state index contributed by atoms with van der Waals surface area (Å²) in [4.78, 5) is 53.3. The number of rotatable bonds is 4. The minimum absolute atomic E-state index is 0. The number of H-pyrrole nitrogens is 1. The van der Waals surface area contributed by atoms with Crippen molar-refractivity contribution in [2.45, 2.75) is 31.8 Å². The Balaban J connectivity index is 0.00000256. The summed E-state index contributed by atoms with van der Waals surface area (Å²) in [5, 5.41) is 6.32. The van der Waals surface area contributed by atoms with E-state index in [0.29, 0.717) is 37.0 Å². The van der Waals surface area contributed by atoms with E-state index in [1.54, 1.807) is 29.2 Å². The number of halogens is 1. The van der Waals surface area contributed by atoms with E-state index in [4.69, 9.17) is 0 Å². The fraction of sp³-hybridized carbons (Fsp3) is 0.500. The molecule has 2 aliphatic heterocycles. The Morgan fingerprint density at radius 2 is 1.87 bits per heavy atom. The van der Waals surface area contributed by atoms with Gasteiger partial charge in [0.25, 0.3) is 11.1 Å². The van der Waals surface area contributed by atoms with Gasteiger partial charge in [-0.1, -0.05) is 12.1 Å². The number of carbonyl (C=O) groups excluding carboxylic acids is 2. The lowest BCUT2D eigenvalue weighted by Crippen LogP contribution is -2.57. The second-order valence-electron chi connectivity index (χ2n) is 7.59. The van der Waals surface area contributed by atoms with Gasteiger partial charge in [0.2, 0.25) is 11.8 Å². The fourth-order valence-electron chi connectivity index (χ4n) is 4.21. The number of aromatic amines is 1. The summed E-state index contributed by atoms with van der Waals surface area (Å²) >= 11 is 0. The van der Waals surface area contributed by atoms with Crippen LogP contribution in [0.2, 0.25) is 0 Å². The Morgan fingerprint density at radius 1 is 1.10 bits per heavy atom. The highest BCUT2D eigenvalue weighted by molar-refractivity contribution is 5.85. The molecule has 0 radical (unpaired) electrons. The predicted octanol–water partition coefficient (Wildman–Crippen LogP) is -0.0755. The van der Waals surface area contributed by atoms with Crippen molar-refractivity contribution >= 4 is 35.0 Å².